The maximum atomic E-state index is 12.4. The largest absolute Gasteiger partial charge is 0.493 e. The molecule has 1 aliphatic heterocycles. The third kappa shape index (κ3) is 4.82. The number of ether oxygens (including phenoxy) is 2. The fraction of sp³-hybridized carbons (Fsp3) is 0.409. The first-order valence-corrected chi connectivity index (χ1v) is 10.4. The number of anilines is 1. The average Bonchev–Trinajstić information content (AvgIpc) is 3.50. The number of hydrogen-bond acceptors (Lipinski definition) is 8. The molecule has 9 nitrogen and oxygen atoms in total. The van der Waals surface area contributed by atoms with Crippen LogP contribution in [0, 0.1) is 5.92 Å². The molecule has 4 rings (SSSR count). The van der Waals surface area contributed by atoms with Crippen molar-refractivity contribution in [3.63, 3.8) is 0 Å². The van der Waals surface area contributed by atoms with Gasteiger partial charge < -0.3 is 28.6 Å². The summed E-state index contributed by atoms with van der Waals surface area (Å²) in [6.07, 6.45) is 3.04. The van der Waals surface area contributed by atoms with E-state index in [1.54, 1.807) is 13.4 Å². The van der Waals surface area contributed by atoms with Gasteiger partial charge in [0.05, 0.1) is 26.5 Å². The Morgan fingerprint density at radius 3 is 2.81 bits per heavy atom. The van der Waals surface area contributed by atoms with Crippen molar-refractivity contribution < 1.29 is 23.2 Å². The predicted molar refractivity (Wildman–Crippen MR) is 113 cm³/mol. The van der Waals surface area contributed by atoms with Gasteiger partial charge in [-0.15, -0.1) is 0 Å². The van der Waals surface area contributed by atoms with Gasteiger partial charge in [0, 0.05) is 24.6 Å². The van der Waals surface area contributed by atoms with Crippen LogP contribution in [0.1, 0.15) is 25.5 Å². The number of carbonyl (C=O) groups excluding carboxylic acids is 1. The Morgan fingerprint density at radius 2 is 2.10 bits per heavy atom. The third-order valence-electron chi connectivity index (χ3n) is 5.29. The molecular formula is C22H26N4O5. The van der Waals surface area contributed by atoms with Crippen molar-refractivity contribution in [2.75, 3.05) is 31.7 Å². The number of benzene rings is 1. The van der Waals surface area contributed by atoms with Gasteiger partial charge in [-0.3, -0.25) is 4.79 Å². The Labute approximate surface area is 180 Å². The molecule has 0 bridgehead atoms. The highest BCUT2D eigenvalue weighted by Crippen LogP contribution is 2.32. The Kier molecular flexibility index (Phi) is 6.40. The summed E-state index contributed by atoms with van der Waals surface area (Å²) in [6.45, 7) is 4.23. The monoisotopic (exact) mass is 426 g/mol. The Hall–Kier alpha value is -3.49. The van der Waals surface area contributed by atoms with Gasteiger partial charge in [-0.2, -0.15) is 4.98 Å². The lowest BCUT2D eigenvalue weighted by molar-refractivity contribution is -0.125. The molecule has 1 N–H and O–H groups in total. The number of nitrogens with one attached hydrogen (secondary N) is 1. The zero-order valence-corrected chi connectivity index (χ0v) is 17.7. The highest BCUT2D eigenvalue weighted by molar-refractivity contribution is 5.78. The van der Waals surface area contributed by atoms with Crippen LogP contribution in [0.15, 0.2) is 45.5 Å². The lowest BCUT2D eigenvalue weighted by Gasteiger charge is -2.29. The summed E-state index contributed by atoms with van der Waals surface area (Å²) < 4.78 is 21.7. The summed E-state index contributed by atoms with van der Waals surface area (Å²) in [6, 6.07) is 9.64. The molecule has 1 aromatic carbocycles. The third-order valence-corrected chi connectivity index (χ3v) is 5.29. The number of methoxy groups -OCH3 is 1. The molecule has 0 radical (unpaired) electrons. The molecule has 0 saturated carbocycles. The van der Waals surface area contributed by atoms with Crippen LogP contribution in [0.25, 0.3) is 11.4 Å². The molecule has 1 amide bonds. The molecule has 0 aliphatic carbocycles. The number of hydrogen-bond donors (Lipinski definition) is 1. The van der Waals surface area contributed by atoms with Gasteiger partial charge in [0.1, 0.15) is 5.76 Å². The van der Waals surface area contributed by atoms with Gasteiger partial charge >= 0.3 is 6.01 Å². The van der Waals surface area contributed by atoms with Gasteiger partial charge in [0.2, 0.25) is 11.7 Å². The minimum Gasteiger partial charge on any atom is -0.493 e. The topological polar surface area (TPSA) is 103 Å². The minimum atomic E-state index is -0.0380. The molecule has 2 aromatic heterocycles. The summed E-state index contributed by atoms with van der Waals surface area (Å²) in [7, 11) is 1.60. The van der Waals surface area contributed by atoms with Gasteiger partial charge in [-0.1, -0.05) is 5.16 Å². The summed E-state index contributed by atoms with van der Waals surface area (Å²) in [5.41, 5.74) is 0.780. The summed E-state index contributed by atoms with van der Waals surface area (Å²) in [5, 5.41) is 7.05. The van der Waals surface area contributed by atoms with Crippen LogP contribution < -0.4 is 19.7 Å². The molecule has 31 heavy (non-hydrogen) atoms. The van der Waals surface area contributed by atoms with E-state index in [0.29, 0.717) is 49.6 Å². The number of carbonyl (C=O) groups is 1. The Morgan fingerprint density at radius 1 is 1.26 bits per heavy atom. The first-order valence-electron chi connectivity index (χ1n) is 10.4. The van der Waals surface area contributed by atoms with Crippen LogP contribution in [0.3, 0.4) is 0 Å². The van der Waals surface area contributed by atoms with E-state index in [9.17, 15) is 4.79 Å². The van der Waals surface area contributed by atoms with Crippen LogP contribution in [-0.2, 0) is 11.3 Å². The SMILES string of the molecule is CCOc1ccc(-c2noc(N3CCC(C(=O)NCc4ccco4)CC3)n2)cc1OC. The zero-order chi connectivity index (χ0) is 21.6. The number of rotatable bonds is 8. The zero-order valence-electron chi connectivity index (χ0n) is 17.7. The molecule has 0 atom stereocenters. The summed E-state index contributed by atoms with van der Waals surface area (Å²) >= 11 is 0. The van der Waals surface area contributed by atoms with Crippen molar-refractivity contribution >= 4 is 11.9 Å². The minimum absolute atomic E-state index is 0.0380. The predicted octanol–water partition coefficient (Wildman–Crippen LogP) is 3.27. The highest BCUT2D eigenvalue weighted by Gasteiger charge is 2.27. The first-order chi connectivity index (χ1) is 15.2. The van der Waals surface area contributed by atoms with Crippen LogP contribution in [0.2, 0.25) is 0 Å². The lowest BCUT2D eigenvalue weighted by Crippen LogP contribution is -2.40. The van der Waals surface area contributed by atoms with Gasteiger partial charge in [-0.05, 0) is 50.1 Å². The van der Waals surface area contributed by atoms with E-state index in [-0.39, 0.29) is 11.8 Å². The fourth-order valence-electron chi connectivity index (χ4n) is 3.61. The normalized spacial score (nSPS) is 14.5. The number of amides is 1. The van der Waals surface area contributed by atoms with Crippen molar-refractivity contribution in [1.82, 2.24) is 15.5 Å². The van der Waals surface area contributed by atoms with E-state index < -0.39 is 0 Å². The molecule has 3 heterocycles. The molecule has 3 aromatic rings. The second-order valence-corrected chi connectivity index (χ2v) is 7.26. The van der Waals surface area contributed by atoms with Crippen molar-refractivity contribution in [2.45, 2.75) is 26.3 Å². The maximum Gasteiger partial charge on any atom is 0.324 e. The quantitative estimate of drug-likeness (QED) is 0.585. The Balaban J connectivity index is 1.34. The average molecular weight is 426 g/mol. The molecule has 1 fully saturated rings. The van der Waals surface area contributed by atoms with Gasteiger partial charge in [0.15, 0.2) is 11.5 Å². The Bertz CT molecular complexity index is 993. The lowest BCUT2D eigenvalue weighted by atomic mass is 9.96. The molecule has 1 aliphatic rings. The van der Waals surface area contributed by atoms with Crippen LogP contribution in [0.4, 0.5) is 6.01 Å². The van der Waals surface area contributed by atoms with Crippen molar-refractivity contribution in [2.24, 2.45) is 5.92 Å². The van der Waals surface area contributed by atoms with Crippen molar-refractivity contribution in [3.8, 4) is 22.9 Å². The standard InChI is InChI=1S/C22H26N4O5/c1-3-29-18-7-6-16(13-19(18)28-2)20-24-22(31-25-20)26-10-8-15(9-11-26)21(27)23-14-17-5-4-12-30-17/h4-7,12-13,15H,3,8-11,14H2,1-2H3,(H,23,27). The molecule has 1 saturated heterocycles. The number of piperidine rings is 1. The smallest absolute Gasteiger partial charge is 0.324 e. The first kappa shape index (κ1) is 20.8. The van der Waals surface area contributed by atoms with Crippen molar-refractivity contribution in [3.05, 3.63) is 42.4 Å². The van der Waals surface area contributed by atoms with E-state index >= 15 is 0 Å². The fourth-order valence-corrected chi connectivity index (χ4v) is 3.61. The second kappa shape index (κ2) is 9.55. The van der Waals surface area contributed by atoms with E-state index in [1.807, 2.05) is 42.2 Å². The maximum absolute atomic E-state index is 12.4. The second-order valence-electron chi connectivity index (χ2n) is 7.26. The number of nitrogens with zero attached hydrogens (tertiary/aromatic N) is 3. The van der Waals surface area contributed by atoms with E-state index in [2.05, 4.69) is 15.5 Å². The van der Waals surface area contributed by atoms with Gasteiger partial charge in [0.25, 0.3) is 0 Å². The molecule has 0 spiro atoms. The van der Waals surface area contributed by atoms with Crippen molar-refractivity contribution in [1.29, 1.82) is 0 Å². The van der Waals surface area contributed by atoms with E-state index in [4.69, 9.17) is 18.4 Å². The highest BCUT2D eigenvalue weighted by atomic mass is 16.5. The van der Waals surface area contributed by atoms with Gasteiger partial charge in [-0.25, -0.2) is 0 Å². The number of aromatic nitrogens is 2. The molecule has 0 unspecified atom stereocenters. The van der Waals surface area contributed by atoms with Crippen LogP contribution in [0.5, 0.6) is 11.5 Å². The molecular weight excluding hydrogens is 400 g/mol. The molecule has 9 heteroatoms. The summed E-state index contributed by atoms with van der Waals surface area (Å²) in [5.74, 6) is 2.52. The summed E-state index contributed by atoms with van der Waals surface area (Å²) in [4.78, 5) is 19.0. The van der Waals surface area contributed by atoms with Crippen LogP contribution >= 0.6 is 0 Å². The molecule has 164 valence electrons. The number of furan rings is 1. The van der Waals surface area contributed by atoms with E-state index in [1.165, 1.54) is 0 Å². The van der Waals surface area contributed by atoms with E-state index in [0.717, 1.165) is 24.2 Å². The van der Waals surface area contributed by atoms with Crippen LogP contribution in [-0.4, -0.2) is 42.9 Å².